The van der Waals surface area contributed by atoms with Gasteiger partial charge in [-0.05, 0) is 13.8 Å². The van der Waals surface area contributed by atoms with E-state index in [1.54, 1.807) is 7.11 Å². The number of methoxy groups -OCH3 is 1. The number of nitrogens with one attached hydrogen (secondary N) is 1. The van der Waals surface area contributed by atoms with Crippen LogP contribution < -0.4 is 16.2 Å². The summed E-state index contributed by atoms with van der Waals surface area (Å²) in [5.74, 6) is 7.49. The Morgan fingerprint density at radius 1 is 1.53 bits per heavy atom. The van der Waals surface area contributed by atoms with Gasteiger partial charge >= 0.3 is 0 Å². The molecule has 1 aromatic rings. The molecule has 1 aliphatic rings. The smallest absolute Gasteiger partial charge is 0.158 e. The summed E-state index contributed by atoms with van der Waals surface area (Å²) >= 11 is 0. The second-order valence-corrected chi connectivity index (χ2v) is 4.75. The molecule has 2 atom stereocenters. The Hall–Kier alpha value is -1.44. The molecule has 1 fully saturated rings. The summed E-state index contributed by atoms with van der Waals surface area (Å²) in [5, 5.41) is 0. The maximum atomic E-state index is 5.63. The van der Waals surface area contributed by atoms with Crippen molar-refractivity contribution in [1.29, 1.82) is 0 Å². The molecule has 3 N–H and O–H groups in total. The Morgan fingerprint density at radius 2 is 2.32 bits per heavy atom. The van der Waals surface area contributed by atoms with Crippen LogP contribution in [0.25, 0.3) is 0 Å². The molecule has 1 saturated heterocycles. The van der Waals surface area contributed by atoms with Gasteiger partial charge in [-0.15, -0.1) is 0 Å². The minimum atomic E-state index is 0.186. The first kappa shape index (κ1) is 14.0. The number of nitrogen functional groups attached to an aromatic ring is 1. The average Bonchev–Trinajstić information content (AvgIpc) is 2.41. The summed E-state index contributed by atoms with van der Waals surface area (Å²) < 4.78 is 10.7. The molecular formula is C12H21N5O2. The molecule has 0 saturated carbocycles. The second kappa shape index (κ2) is 6.14. The summed E-state index contributed by atoms with van der Waals surface area (Å²) in [6.07, 6.45) is 0.186. The van der Waals surface area contributed by atoms with Crippen molar-refractivity contribution in [3.05, 3.63) is 11.9 Å². The van der Waals surface area contributed by atoms with Crippen LogP contribution in [0.3, 0.4) is 0 Å². The highest BCUT2D eigenvalue weighted by atomic mass is 16.5. The standard InChI is InChI=1S/C12H21N5O2/c1-8-6-19-9(2)5-17(8)12-4-10(16-13)14-11(15-12)7-18-3/h4,8-9H,5-7,13H2,1-3H3,(H,14,15,16). The van der Waals surface area contributed by atoms with E-state index in [1.807, 2.05) is 6.07 Å². The van der Waals surface area contributed by atoms with E-state index >= 15 is 0 Å². The molecule has 7 heteroatoms. The van der Waals surface area contributed by atoms with E-state index in [1.165, 1.54) is 0 Å². The Kier molecular flexibility index (Phi) is 4.52. The van der Waals surface area contributed by atoms with Crippen molar-refractivity contribution >= 4 is 11.6 Å². The first-order chi connectivity index (χ1) is 9.13. The monoisotopic (exact) mass is 267 g/mol. The fraction of sp³-hybridized carbons (Fsp3) is 0.667. The van der Waals surface area contributed by atoms with Crippen LogP contribution in [0.2, 0.25) is 0 Å². The number of aromatic nitrogens is 2. The zero-order chi connectivity index (χ0) is 13.8. The van der Waals surface area contributed by atoms with Crippen molar-refractivity contribution in [2.75, 3.05) is 30.6 Å². The van der Waals surface area contributed by atoms with Gasteiger partial charge in [0.05, 0.1) is 18.8 Å². The normalized spacial score (nSPS) is 23.5. The lowest BCUT2D eigenvalue weighted by atomic mass is 10.2. The molecule has 0 radical (unpaired) electrons. The number of nitrogens with two attached hydrogens (primary N) is 1. The van der Waals surface area contributed by atoms with Gasteiger partial charge in [0.2, 0.25) is 0 Å². The molecule has 1 aromatic heterocycles. The Balaban J connectivity index is 2.28. The number of hydrazine groups is 1. The maximum absolute atomic E-state index is 5.63. The first-order valence-corrected chi connectivity index (χ1v) is 6.35. The molecule has 0 aromatic carbocycles. The van der Waals surface area contributed by atoms with Gasteiger partial charge in [-0.25, -0.2) is 15.8 Å². The first-order valence-electron chi connectivity index (χ1n) is 6.35. The maximum Gasteiger partial charge on any atom is 0.158 e. The minimum absolute atomic E-state index is 0.186. The highest BCUT2D eigenvalue weighted by Gasteiger charge is 2.25. The third-order valence-electron chi connectivity index (χ3n) is 3.08. The fourth-order valence-electron chi connectivity index (χ4n) is 2.12. The second-order valence-electron chi connectivity index (χ2n) is 4.75. The van der Waals surface area contributed by atoms with Gasteiger partial charge in [0.15, 0.2) is 5.82 Å². The lowest BCUT2D eigenvalue weighted by molar-refractivity contribution is 0.0340. The average molecular weight is 267 g/mol. The zero-order valence-electron chi connectivity index (χ0n) is 11.6. The molecule has 0 spiro atoms. The van der Waals surface area contributed by atoms with E-state index in [2.05, 4.69) is 34.1 Å². The molecule has 0 bridgehead atoms. The molecule has 1 aliphatic heterocycles. The molecule has 19 heavy (non-hydrogen) atoms. The number of hydrogen-bond acceptors (Lipinski definition) is 7. The number of hydrogen-bond donors (Lipinski definition) is 2. The van der Waals surface area contributed by atoms with Crippen LogP contribution in [0.1, 0.15) is 19.7 Å². The van der Waals surface area contributed by atoms with E-state index in [0.717, 1.165) is 12.4 Å². The molecule has 0 amide bonds. The summed E-state index contributed by atoms with van der Waals surface area (Å²) in [4.78, 5) is 11.0. The highest BCUT2D eigenvalue weighted by molar-refractivity contribution is 5.50. The number of nitrogens with zero attached hydrogens (tertiary/aromatic N) is 3. The highest BCUT2D eigenvalue weighted by Crippen LogP contribution is 2.22. The molecular weight excluding hydrogens is 246 g/mol. The molecule has 2 unspecified atom stereocenters. The van der Waals surface area contributed by atoms with Gasteiger partial charge in [0.1, 0.15) is 18.2 Å². The Bertz CT molecular complexity index is 429. The third kappa shape index (κ3) is 3.31. The van der Waals surface area contributed by atoms with Gasteiger partial charge in [-0.2, -0.15) is 0 Å². The predicted molar refractivity (Wildman–Crippen MR) is 72.8 cm³/mol. The van der Waals surface area contributed by atoms with Gasteiger partial charge in [0, 0.05) is 19.7 Å². The largest absolute Gasteiger partial charge is 0.377 e. The Morgan fingerprint density at radius 3 is 3.00 bits per heavy atom. The van der Waals surface area contributed by atoms with Crippen molar-refractivity contribution in [2.24, 2.45) is 5.84 Å². The summed E-state index contributed by atoms with van der Waals surface area (Å²) in [5.41, 5.74) is 2.57. The van der Waals surface area contributed by atoms with E-state index < -0.39 is 0 Å². The SMILES string of the molecule is COCc1nc(NN)cc(N2CC(C)OCC2C)n1. The Labute approximate surface area is 113 Å². The number of rotatable bonds is 4. The van der Waals surface area contributed by atoms with Crippen molar-refractivity contribution in [1.82, 2.24) is 9.97 Å². The van der Waals surface area contributed by atoms with E-state index in [4.69, 9.17) is 15.3 Å². The predicted octanol–water partition coefficient (Wildman–Crippen LogP) is 0.522. The van der Waals surface area contributed by atoms with Crippen LogP contribution in [0.4, 0.5) is 11.6 Å². The van der Waals surface area contributed by atoms with Crippen LogP contribution in [0.15, 0.2) is 6.07 Å². The lowest BCUT2D eigenvalue weighted by Crippen LogP contribution is -2.48. The van der Waals surface area contributed by atoms with Crippen LogP contribution in [0.5, 0.6) is 0 Å². The van der Waals surface area contributed by atoms with Gasteiger partial charge in [-0.3, -0.25) is 0 Å². The van der Waals surface area contributed by atoms with Crippen molar-refractivity contribution in [3.8, 4) is 0 Å². The molecule has 7 nitrogen and oxygen atoms in total. The molecule has 2 rings (SSSR count). The summed E-state index contributed by atoms with van der Waals surface area (Å²) in [7, 11) is 1.62. The lowest BCUT2D eigenvalue weighted by Gasteiger charge is -2.37. The quantitative estimate of drug-likeness (QED) is 0.607. The number of ether oxygens (including phenoxy) is 2. The van der Waals surface area contributed by atoms with Crippen molar-refractivity contribution in [3.63, 3.8) is 0 Å². The number of anilines is 2. The van der Waals surface area contributed by atoms with Crippen LogP contribution >= 0.6 is 0 Å². The van der Waals surface area contributed by atoms with Gasteiger partial charge < -0.3 is 19.8 Å². The molecule has 2 heterocycles. The molecule has 0 aliphatic carbocycles. The molecule has 106 valence electrons. The van der Waals surface area contributed by atoms with Crippen molar-refractivity contribution < 1.29 is 9.47 Å². The van der Waals surface area contributed by atoms with Gasteiger partial charge in [-0.1, -0.05) is 0 Å². The van der Waals surface area contributed by atoms with Crippen molar-refractivity contribution in [2.45, 2.75) is 32.6 Å². The minimum Gasteiger partial charge on any atom is -0.377 e. The fourth-order valence-corrected chi connectivity index (χ4v) is 2.12. The van der Waals surface area contributed by atoms with E-state index in [-0.39, 0.29) is 12.1 Å². The van der Waals surface area contributed by atoms with E-state index in [0.29, 0.717) is 24.9 Å². The zero-order valence-corrected chi connectivity index (χ0v) is 11.6. The van der Waals surface area contributed by atoms with E-state index in [9.17, 15) is 0 Å². The summed E-state index contributed by atoms with van der Waals surface area (Å²) in [6.45, 7) is 6.01. The number of morpholine rings is 1. The van der Waals surface area contributed by atoms with Crippen LogP contribution in [-0.4, -0.2) is 42.4 Å². The van der Waals surface area contributed by atoms with Crippen LogP contribution in [-0.2, 0) is 16.1 Å². The topological polar surface area (TPSA) is 85.5 Å². The van der Waals surface area contributed by atoms with Crippen LogP contribution in [0, 0.1) is 0 Å². The summed E-state index contributed by atoms with van der Waals surface area (Å²) in [6, 6.07) is 2.11. The van der Waals surface area contributed by atoms with Gasteiger partial charge in [0.25, 0.3) is 0 Å². The third-order valence-corrected chi connectivity index (χ3v) is 3.08.